The van der Waals surface area contributed by atoms with Crippen LogP contribution in [0.5, 0.6) is 0 Å². The van der Waals surface area contributed by atoms with Gasteiger partial charge in [-0.1, -0.05) is 13.8 Å². The van der Waals surface area contributed by atoms with Crippen LogP contribution in [0.2, 0.25) is 0 Å². The van der Waals surface area contributed by atoms with Gasteiger partial charge < -0.3 is 4.74 Å². The third-order valence-electron chi connectivity index (χ3n) is 3.01. The smallest absolute Gasteiger partial charge is 0.0700 e. The van der Waals surface area contributed by atoms with Gasteiger partial charge in [-0.3, -0.25) is 4.90 Å². The molecule has 0 aromatic carbocycles. The van der Waals surface area contributed by atoms with Gasteiger partial charge >= 0.3 is 0 Å². The molecular formula is C11H23NO. The molecule has 1 rings (SSSR count). The highest BCUT2D eigenvalue weighted by atomic mass is 16.5. The first-order valence-corrected chi connectivity index (χ1v) is 5.47. The fourth-order valence-electron chi connectivity index (χ4n) is 1.74. The van der Waals surface area contributed by atoms with E-state index in [2.05, 4.69) is 32.6 Å². The molecule has 0 unspecified atom stereocenters. The Morgan fingerprint density at radius 3 is 2.69 bits per heavy atom. The van der Waals surface area contributed by atoms with Crippen LogP contribution in [0.3, 0.4) is 0 Å². The van der Waals surface area contributed by atoms with Gasteiger partial charge in [0.2, 0.25) is 0 Å². The summed E-state index contributed by atoms with van der Waals surface area (Å²) >= 11 is 0. The molecule has 13 heavy (non-hydrogen) atoms. The van der Waals surface area contributed by atoms with Crippen LogP contribution in [0.1, 0.15) is 34.1 Å². The molecule has 2 atom stereocenters. The lowest BCUT2D eigenvalue weighted by Crippen LogP contribution is -2.48. The summed E-state index contributed by atoms with van der Waals surface area (Å²) in [5.41, 5.74) is 0. The highest BCUT2D eigenvalue weighted by Gasteiger charge is 2.24. The van der Waals surface area contributed by atoms with Crippen LogP contribution in [0, 0.1) is 5.92 Å². The van der Waals surface area contributed by atoms with Crippen molar-refractivity contribution in [3.63, 3.8) is 0 Å². The van der Waals surface area contributed by atoms with E-state index >= 15 is 0 Å². The molecule has 0 aromatic rings. The summed E-state index contributed by atoms with van der Waals surface area (Å²) in [4.78, 5) is 2.55. The van der Waals surface area contributed by atoms with Gasteiger partial charge in [0.15, 0.2) is 0 Å². The zero-order chi connectivity index (χ0) is 9.84. The summed E-state index contributed by atoms with van der Waals surface area (Å²) in [6.07, 6.45) is 1.71. The molecular weight excluding hydrogens is 162 g/mol. The largest absolute Gasteiger partial charge is 0.376 e. The highest BCUT2D eigenvalue weighted by molar-refractivity contribution is 4.77. The number of nitrogens with zero attached hydrogens (tertiary/aromatic N) is 1. The maximum absolute atomic E-state index is 5.59. The van der Waals surface area contributed by atoms with Crippen molar-refractivity contribution in [1.29, 1.82) is 0 Å². The van der Waals surface area contributed by atoms with Crippen molar-refractivity contribution in [3.8, 4) is 0 Å². The summed E-state index contributed by atoms with van der Waals surface area (Å²) in [5.74, 6) is 0.811. The van der Waals surface area contributed by atoms with Crippen molar-refractivity contribution in [1.82, 2.24) is 4.90 Å². The quantitative estimate of drug-likeness (QED) is 0.668. The minimum atomic E-state index is 0.404. The fraction of sp³-hybridized carbons (Fsp3) is 1.00. The topological polar surface area (TPSA) is 12.5 Å². The van der Waals surface area contributed by atoms with Crippen molar-refractivity contribution >= 4 is 0 Å². The van der Waals surface area contributed by atoms with Gasteiger partial charge in [-0.05, 0) is 32.7 Å². The van der Waals surface area contributed by atoms with E-state index in [9.17, 15) is 0 Å². The van der Waals surface area contributed by atoms with Crippen molar-refractivity contribution in [2.75, 3.05) is 19.7 Å². The third kappa shape index (κ3) is 3.28. The van der Waals surface area contributed by atoms with Gasteiger partial charge in [0, 0.05) is 12.6 Å². The number of rotatable bonds is 3. The lowest BCUT2D eigenvalue weighted by atomic mass is 10.1. The van der Waals surface area contributed by atoms with Crippen LogP contribution in [-0.2, 0) is 4.74 Å². The number of hydrogen-bond donors (Lipinski definition) is 0. The molecule has 1 aliphatic heterocycles. The van der Waals surface area contributed by atoms with Crippen LogP contribution in [0.25, 0.3) is 0 Å². The number of morpholine rings is 1. The predicted molar refractivity (Wildman–Crippen MR) is 55.9 cm³/mol. The van der Waals surface area contributed by atoms with Gasteiger partial charge in [-0.15, -0.1) is 0 Å². The average Bonchev–Trinajstić information content (AvgIpc) is 2.07. The summed E-state index contributed by atoms with van der Waals surface area (Å²) < 4.78 is 5.59. The number of hydrogen-bond acceptors (Lipinski definition) is 2. The zero-order valence-corrected chi connectivity index (χ0v) is 9.42. The van der Waals surface area contributed by atoms with E-state index in [1.54, 1.807) is 0 Å². The molecule has 0 aromatic heterocycles. The molecule has 0 spiro atoms. The molecule has 1 saturated heterocycles. The van der Waals surface area contributed by atoms with Crippen LogP contribution < -0.4 is 0 Å². The Balaban J connectivity index is 2.31. The number of ether oxygens (including phenoxy) is 1. The third-order valence-corrected chi connectivity index (χ3v) is 3.01. The van der Waals surface area contributed by atoms with Crippen LogP contribution >= 0.6 is 0 Å². The van der Waals surface area contributed by atoms with E-state index in [-0.39, 0.29) is 0 Å². The van der Waals surface area contributed by atoms with E-state index in [0.29, 0.717) is 12.1 Å². The minimum absolute atomic E-state index is 0.404. The first-order valence-electron chi connectivity index (χ1n) is 5.47. The highest BCUT2D eigenvalue weighted by Crippen LogP contribution is 2.14. The molecule has 0 N–H and O–H groups in total. The second kappa shape index (κ2) is 4.97. The van der Waals surface area contributed by atoms with Gasteiger partial charge in [-0.25, -0.2) is 0 Å². The summed E-state index contributed by atoms with van der Waals surface area (Å²) in [7, 11) is 0. The maximum Gasteiger partial charge on any atom is 0.0700 e. The Morgan fingerprint density at radius 2 is 2.08 bits per heavy atom. The average molecular weight is 185 g/mol. The fourth-order valence-corrected chi connectivity index (χ4v) is 1.74. The second-order valence-corrected chi connectivity index (χ2v) is 4.54. The summed E-state index contributed by atoms with van der Waals surface area (Å²) in [6.45, 7) is 12.3. The first-order chi connectivity index (χ1) is 6.11. The van der Waals surface area contributed by atoms with E-state index in [1.807, 2.05) is 0 Å². The molecule has 0 amide bonds. The van der Waals surface area contributed by atoms with Crippen molar-refractivity contribution in [2.24, 2.45) is 5.92 Å². The second-order valence-electron chi connectivity index (χ2n) is 4.54. The molecule has 0 aliphatic carbocycles. The Bertz CT molecular complexity index is 147. The van der Waals surface area contributed by atoms with Crippen molar-refractivity contribution in [3.05, 3.63) is 0 Å². The van der Waals surface area contributed by atoms with E-state index in [0.717, 1.165) is 19.1 Å². The molecule has 1 aliphatic rings. The normalized spacial score (nSPS) is 31.2. The maximum atomic E-state index is 5.59. The molecule has 0 radical (unpaired) electrons. The molecule has 1 fully saturated rings. The van der Waals surface area contributed by atoms with E-state index < -0.39 is 0 Å². The monoisotopic (exact) mass is 185 g/mol. The SMILES string of the molecule is CC(C)CCN1CCO[C@H](C)[C@H]1C. The summed E-state index contributed by atoms with van der Waals surface area (Å²) in [6, 6.07) is 0.590. The van der Waals surface area contributed by atoms with Gasteiger partial charge in [0.1, 0.15) is 0 Å². The molecule has 0 bridgehead atoms. The van der Waals surface area contributed by atoms with Gasteiger partial charge in [-0.2, -0.15) is 0 Å². The molecule has 2 nitrogen and oxygen atoms in total. The molecule has 2 heteroatoms. The Hall–Kier alpha value is -0.0800. The minimum Gasteiger partial charge on any atom is -0.376 e. The van der Waals surface area contributed by atoms with Crippen molar-refractivity contribution < 1.29 is 4.74 Å². The molecule has 78 valence electrons. The standard InChI is InChI=1S/C11H23NO/c1-9(2)5-6-12-7-8-13-11(4)10(12)3/h9-11H,5-8H2,1-4H3/t10-,11-/m1/s1. The Kier molecular flexibility index (Phi) is 4.20. The molecule has 0 saturated carbocycles. The van der Waals surface area contributed by atoms with E-state index in [1.165, 1.54) is 13.0 Å². The molecule has 1 heterocycles. The lowest BCUT2D eigenvalue weighted by molar-refractivity contribution is -0.0562. The first kappa shape index (κ1) is 11.0. The lowest BCUT2D eigenvalue weighted by Gasteiger charge is -2.38. The summed E-state index contributed by atoms with van der Waals surface area (Å²) in [5, 5.41) is 0. The van der Waals surface area contributed by atoms with Crippen LogP contribution in [0.15, 0.2) is 0 Å². The Morgan fingerprint density at radius 1 is 1.38 bits per heavy atom. The van der Waals surface area contributed by atoms with Crippen LogP contribution in [0.4, 0.5) is 0 Å². The zero-order valence-electron chi connectivity index (χ0n) is 9.42. The Labute approximate surface area is 82.3 Å². The van der Waals surface area contributed by atoms with Crippen molar-refractivity contribution in [2.45, 2.75) is 46.3 Å². The van der Waals surface area contributed by atoms with Gasteiger partial charge in [0.05, 0.1) is 12.7 Å². The predicted octanol–water partition coefficient (Wildman–Crippen LogP) is 2.14. The van der Waals surface area contributed by atoms with Gasteiger partial charge in [0.25, 0.3) is 0 Å². The van der Waals surface area contributed by atoms with Crippen LogP contribution in [-0.4, -0.2) is 36.7 Å². The van der Waals surface area contributed by atoms with E-state index in [4.69, 9.17) is 4.74 Å².